The van der Waals surface area contributed by atoms with Gasteiger partial charge in [-0.1, -0.05) is 75.2 Å². The fraction of sp³-hybridized carbons (Fsp3) is 0.391. The van der Waals surface area contributed by atoms with Crippen molar-refractivity contribution in [2.45, 2.75) is 51.6 Å². The SMILES string of the molecule is CCCC1(C(N)=O)C(C(=O)C(C)C)c2ccccc2N1Cc1ccccc1Cl. The Kier molecular flexibility index (Phi) is 5.80. The van der Waals surface area contributed by atoms with Gasteiger partial charge in [0.1, 0.15) is 11.3 Å². The van der Waals surface area contributed by atoms with Gasteiger partial charge in [-0.25, -0.2) is 0 Å². The molecule has 0 saturated carbocycles. The number of amides is 1. The Bertz CT molecular complexity index is 896. The lowest BCUT2D eigenvalue weighted by molar-refractivity contribution is -0.132. The number of nitrogens with two attached hydrogens (primary N) is 1. The molecular weight excluding hydrogens is 372 g/mol. The molecule has 0 aromatic heterocycles. The summed E-state index contributed by atoms with van der Waals surface area (Å²) in [5.74, 6) is -1.20. The molecule has 28 heavy (non-hydrogen) atoms. The Labute approximate surface area is 171 Å². The highest BCUT2D eigenvalue weighted by Crippen LogP contribution is 2.52. The molecular formula is C23H27ClN2O2. The van der Waals surface area contributed by atoms with E-state index in [0.29, 0.717) is 18.0 Å². The van der Waals surface area contributed by atoms with E-state index < -0.39 is 17.4 Å². The van der Waals surface area contributed by atoms with Crippen LogP contribution in [0.1, 0.15) is 50.7 Å². The third-order valence-corrected chi connectivity index (χ3v) is 6.06. The minimum absolute atomic E-state index is 0.0429. The fourth-order valence-electron chi connectivity index (χ4n) is 4.41. The monoisotopic (exact) mass is 398 g/mol. The third kappa shape index (κ3) is 3.20. The predicted molar refractivity (Wildman–Crippen MR) is 113 cm³/mol. The van der Waals surface area contributed by atoms with Crippen molar-refractivity contribution in [3.63, 3.8) is 0 Å². The first kappa shape index (κ1) is 20.4. The number of rotatable bonds is 7. The molecule has 0 radical (unpaired) electrons. The Balaban J connectivity index is 2.23. The zero-order chi connectivity index (χ0) is 20.5. The topological polar surface area (TPSA) is 63.4 Å². The average molecular weight is 399 g/mol. The van der Waals surface area contributed by atoms with Crippen LogP contribution in [0.4, 0.5) is 5.69 Å². The number of nitrogens with zero attached hydrogens (tertiary/aromatic N) is 1. The molecule has 0 saturated heterocycles. The summed E-state index contributed by atoms with van der Waals surface area (Å²) < 4.78 is 0. The number of anilines is 1. The summed E-state index contributed by atoms with van der Waals surface area (Å²) in [7, 11) is 0. The molecule has 1 aliphatic rings. The van der Waals surface area contributed by atoms with E-state index in [1.807, 2.05) is 74.2 Å². The van der Waals surface area contributed by atoms with Crippen molar-refractivity contribution in [2.24, 2.45) is 11.7 Å². The molecule has 4 nitrogen and oxygen atoms in total. The molecule has 2 aromatic carbocycles. The van der Waals surface area contributed by atoms with E-state index in [1.165, 1.54) is 0 Å². The number of Topliss-reactive ketones (excluding diaryl/α,β-unsaturated/α-hetero) is 1. The van der Waals surface area contributed by atoms with Gasteiger partial charge in [0, 0.05) is 23.2 Å². The van der Waals surface area contributed by atoms with Gasteiger partial charge in [0.05, 0.1) is 5.92 Å². The number of hydrogen-bond donors (Lipinski definition) is 1. The average Bonchev–Trinajstić information content (AvgIpc) is 2.94. The van der Waals surface area contributed by atoms with Crippen LogP contribution in [0.3, 0.4) is 0 Å². The first-order valence-corrected chi connectivity index (χ1v) is 10.2. The van der Waals surface area contributed by atoms with Crippen molar-refractivity contribution in [1.29, 1.82) is 0 Å². The van der Waals surface area contributed by atoms with Crippen molar-refractivity contribution in [1.82, 2.24) is 0 Å². The van der Waals surface area contributed by atoms with Crippen LogP contribution in [0.25, 0.3) is 0 Å². The van der Waals surface area contributed by atoms with Gasteiger partial charge in [-0.2, -0.15) is 0 Å². The van der Waals surface area contributed by atoms with Crippen LogP contribution in [0.15, 0.2) is 48.5 Å². The highest BCUT2D eigenvalue weighted by Gasteiger charge is 2.57. The normalized spacial score (nSPS) is 21.0. The quantitative estimate of drug-likeness (QED) is 0.735. The molecule has 3 rings (SSSR count). The highest BCUT2D eigenvalue weighted by molar-refractivity contribution is 6.31. The molecule has 0 spiro atoms. The van der Waals surface area contributed by atoms with Gasteiger partial charge in [0.2, 0.25) is 5.91 Å². The smallest absolute Gasteiger partial charge is 0.244 e. The molecule has 1 aliphatic heterocycles. The van der Waals surface area contributed by atoms with Crippen molar-refractivity contribution in [3.8, 4) is 0 Å². The highest BCUT2D eigenvalue weighted by atomic mass is 35.5. The van der Waals surface area contributed by atoms with E-state index in [2.05, 4.69) is 0 Å². The van der Waals surface area contributed by atoms with Gasteiger partial charge in [0.15, 0.2) is 0 Å². The summed E-state index contributed by atoms with van der Waals surface area (Å²) in [6.07, 6.45) is 1.24. The third-order valence-electron chi connectivity index (χ3n) is 5.70. The lowest BCUT2D eigenvalue weighted by Gasteiger charge is -2.41. The molecule has 2 aromatic rings. The molecule has 0 fully saturated rings. The first-order valence-electron chi connectivity index (χ1n) is 9.78. The Hall–Kier alpha value is -2.33. The Morgan fingerprint density at radius 2 is 1.79 bits per heavy atom. The van der Waals surface area contributed by atoms with Crippen molar-refractivity contribution >= 4 is 29.0 Å². The lowest BCUT2D eigenvalue weighted by atomic mass is 9.73. The number of fused-ring (bicyclic) bond motifs is 1. The van der Waals surface area contributed by atoms with Gasteiger partial charge in [-0.3, -0.25) is 9.59 Å². The van der Waals surface area contributed by atoms with Crippen molar-refractivity contribution < 1.29 is 9.59 Å². The number of carbonyl (C=O) groups is 2. The maximum absolute atomic E-state index is 13.3. The number of primary amides is 1. The van der Waals surface area contributed by atoms with Crippen molar-refractivity contribution in [2.75, 3.05) is 4.90 Å². The zero-order valence-electron chi connectivity index (χ0n) is 16.6. The largest absolute Gasteiger partial charge is 0.368 e. The van der Waals surface area contributed by atoms with E-state index in [4.69, 9.17) is 17.3 Å². The molecule has 0 bridgehead atoms. The Morgan fingerprint density at radius 3 is 2.39 bits per heavy atom. The summed E-state index contributed by atoms with van der Waals surface area (Å²) in [5.41, 5.74) is 7.60. The maximum Gasteiger partial charge on any atom is 0.244 e. The zero-order valence-corrected chi connectivity index (χ0v) is 17.4. The number of ketones is 1. The van der Waals surface area contributed by atoms with Crippen LogP contribution < -0.4 is 10.6 Å². The van der Waals surface area contributed by atoms with Crippen LogP contribution in [0, 0.1) is 5.92 Å². The molecule has 0 aliphatic carbocycles. The second-order valence-electron chi connectivity index (χ2n) is 7.76. The number of halogens is 1. The fourth-order valence-corrected chi connectivity index (χ4v) is 4.61. The van der Waals surface area contributed by atoms with Crippen LogP contribution in [0.5, 0.6) is 0 Å². The van der Waals surface area contributed by atoms with Crippen LogP contribution >= 0.6 is 11.6 Å². The first-order chi connectivity index (χ1) is 13.3. The molecule has 148 valence electrons. The van der Waals surface area contributed by atoms with Gasteiger partial charge < -0.3 is 10.6 Å². The van der Waals surface area contributed by atoms with Crippen LogP contribution in [-0.4, -0.2) is 17.2 Å². The Morgan fingerprint density at radius 1 is 1.14 bits per heavy atom. The van der Waals surface area contributed by atoms with E-state index >= 15 is 0 Å². The molecule has 5 heteroatoms. The van der Waals surface area contributed by atoms with Gasteiger partial charge in [-0.05, 0) is 29.7 Å². The van der Waals surface area contributed by atoms with Crippen molar-refractivity contribution in [3.05, 3.63) is 64.7 Å². The summed E-state index contributed by atoms with van der Waals surface area (Å²) in [5, 5.41) is 0.633. The second-order valence-corrected chi connectivity index (χ2v) is 8.17. The molecule has 1 heterocycles. The number of para-hydroxylation sites is 1. The lowest BCUT2D eigenvalue weighted by Crippen LogP contribution is -2.59. The molecule has 2 atom stereocenters. The predicted octanol–water partition coefficient (Wildman–Crippen LogP) is 4.69. The summed E-state index contributed by atoms with van der Waals surface area (Å²) in [6, 6.07) is 15.3. The number of hydrogen-bond acceptors (Lipinski definition) is 3. The van der Waals surface area contributed by atoms with E-state index in [9.17, 15) is 9.59 Å². The van der Waals surface area contributed by atoms with Crippen LogP contribution in [-0.2, 0) is 16.1 Å². The van der Waals surface area contributed by atoms with Gasteiger partial charge in [-0.15, -0.1) is 0 Å². The van der Waals surface area contributed by atoms with E-state index in [-0.39, 0.29) is 11.7 Å². The van der Waals surface area contributed by atoms with E-state index in [0.717, 1.165) is 23.2 Å². The van der Waals surface area contributed by atoms with Gasteiger partial charge in [0.25, 0.3) is 0 Å². The number of carbonyl (C=O) groups excluding carboxylic acids is 2. The summed E-state index contributed by atoms with van der Waals surface area (Å²) in [4.78, 5) is 28.3. The summed E-state index contributed by atoms with van der Waals surface area (Å²) >= 11 is 6.42. The number of benzene rings is 2. The summed E-state index contributed by atoms with van der Waals surface area (Å²) in [6.45, 7) is 6.18. The molecule has 1 amide bonds. The maximum atomic E-state index is 13.3. The standard InChI is InChI=1S/C23H27ClN2O2/c1-4-13-23(22(25)28)20(21(27)15(2)3)17-10-6-8-12-19(17)26(23)14-16-9-5-7-11-18(16)24/h5-12,15,20H,4,13-14H2,1-3H3,(H2,25,28). The second kappa shape index (κ2) is 7.96. The van der Waals surface area contributed by atoms with E-state index in [1.54, 1.807) is 0 Å². The van der Waals surface area contributed by atoms with Gasteiger partial charge >= 0.3 is 0 Å². The molecule has 2 N–H and O–H groups in total. The molecule has 2 unspecified atom stereocenters. The van der Waals surface area contributed by atoms with Crippen LogP contribution in [0.2, 0.25) is 5.02 Å². The minimum Gasteiger partial charge on any atom is -0.368 e. The minimum atomic E-state index is -1.10.